The average molecular weight is 276 g/mol. The number of hydrogen-bond acceptors (Lipinski definition) is 3. The number of carbonyl (C=O) groups excluding carboxylic acids is 1. The Hall–Kier alpha value is -1.39. The van der Waals surface area contributed by atoms with E-state index in [0.717, 1.165) is 5.56 Å². The van der Waals surface area contributed by atoms with Crippen molar-refractivity contribution in [2.75, 3.05) is 6.54 Å². The molecule has 1 fully saturated rings. The maximum Gasteiger partial charge on any atom is 0.237 e. The number of carbonyl (C=O) groups is 1. The fourth-order valence-corrected chi connectivity index (χ4v) is 2.48. The van der Waals surface area contributed by atoms with E-state index in [1.54, 1.807) is 0 Å². The summed E-state index contributed by atoms with van der Waals surface area (Å²) < 4.78 is 0. The molecule has 4 heteroatoms. The van der Waals surface area contributed by atoms with E-state index in [4.69, 9.17) is 0 Å². The minimum atomic E-state index is -0.411. The molecule has 0 aliphatic carbocycles. The van der Waals surface area contributed by atoms with Crippen LogP contribution in [0.4, 0.5) is 0 Å². The van der Waals surface area contributed by atoms with Gasteiger partial charge in [0, 0.05) is 6.54 Å². The Morgan fingerprint density at radius 1 is 1.25 bits per heavy atom. The van der Waals surface area contributed by atoms with Gasteiger partial charge in [0.05, 0.1) is 18.2 Å². The Morgan fingerprint density at radius 3 is 2.35 bits per heavy atom. The van der Waals surface area contributed by atoms with Crippen molar-refractivity contribution in [2.45, 2.75) is 51.3 Å². The first-order valence-corrected chi connectivity index (χ1v) is 7.29. The van der Waals surface area contributed by atoms with Crippen molar-refractivity contribution in [3.05, 3.63) is 35.4 Å². The van der Waals surface area contributed by atoms with Crippen LogP contribution < -0.4 is 10.6 Å². The summed E-state index contributed by atoms with van der Waals surface area (Å²) in [6, 6.07) is 8.06. The van der Waals surface area contributed by atoms with E-state index < -0.39 is 6.10 Å². The number of β-amino-alcohol motifs (C(OH)–C–C–N with tert-alkyl or cyclic N) is 1. The SMILES string of the molecule is CC(C)c1ccc([C@H](C)NC(=O)[C@H]2C[C@H](O)CN2)cc1. The minimum absolute atomic E-state index is 0.0248. The highest BCUT2D eigenvalue weighted by atomic mass is 16.3. The van der Waals surface area contributed by atoms with Gasteiger partial charge in [0.1, 0.15) is 0 Å². The van der Waals surface area contributed by atoms with Gasteiger partial charge >= 0.3 is 0 Å². The molecule has 1 saturated heterocycles. The van der Waals surface area contributed by atoms with Crippen LogP contribution in [0.1, 0.15) is 50.3 Å². The quantitative estimate of drug-likeness (QED) is 0.784. The van der Waals surface area contributed by atoms with Crippen LogP contribution in [0.2, 0.25) is 0 Å². The van der Waals surface area contributed by atoms with Crippen LogP contribution in [0.25, 0.3) is 0 Å². The number of rotatable bonds is 4. The zero-order valence-electron chi connectivity index (χ0n) is 12.4. The molecule has 1 aliphatic heterocycles. The van der Waals surface area contributed by atoms with Crippen molar-refractivity contribution in [3.63, 3.8) is 0 Å². The maximum atomic E-state index is 12.1. The molecule has 4 nitrogen and oxygen atoms in total. The molecule has 0 saturated carbocycles. The summed E-state index contributed by atoms with van der Waals surface area (Å²) in [6.45, 7) is 6.80. The zero-order chi connectivity index (χ0) is 14.7. The van der Waals surface area contributed by atoms with Crippen molar-refractivity contribution in [1.82, 2.24) is 10.6 Å². The Kier molecular flexibility index (Phi) is 4.78. The molecule has 110 valence electrons. The molecule has 0 aromatic heterocycles. The molecule has 3 N–H and O–H groups in total. The third-order valence-electron chi connectivity index (χ3n) is 3.89. The predicted octanol–water partition coefficient (Wildman–Crippen LogP) is 1.71. The normalized spacial score (nSPS) is 23.9. The fraction of sp³-hybridized carbons (Fsp3) is 0.562. The molecular weight excluding hydrogens is 252 g/mol. The van der Waals surface area contributed by atoms with Crippen LogP contribution in [-0.2, 0) is 4.79 Å². The largest absolute Gasteiger partial charge is 0.392 e. The molecule has 20 heavy (non-hydrogen) atoms. The van der Waals surface area contributed by atoms with E-state index in [0.29, 0.717) is 18.9 Å². The Labute approximate surface area is 120 Å². The molecule has 0 unspecified atom stereocenters. The first kappa shape index (κ1) is 15.0. The van der Waals surface area contributed by atoms with E-state index >= 15 is 0 Å². The zero-order valence-corrected chi connectivity index (χ0v) is 12.4. The molecule has 0 radical (unpaired) electrons. The van der Waals surface area contributed by atoms with E-state index in [1.165, 1.54) is 5.56 Å². The van der Waals surface area contributed by atoms with Gasteiger partial charge in [0.25, 0.3) is 0 Å². The lowest BCUT2D eigenvalue weighted by Gasteiger charge is -2.18. The summed E-state index contributed by atoms with van der Waals surface area (Å²) in [4.78, 5) is 12.1. The molecular formula is C16H24N2O2. The minimum Gasteiger partial charge on any atom is -0.392 e. The molecule has 1 aromatic rings. The van der Waals surface area contributed by atoms with Crippen molar-refractivity contribution in [2.24, 2.45) is 0 Å². The Balaban J connectivity index is 1.94. The van der Waals surface area contributed by atoms with Gasteiger partial charge in [-0.1, -0.05) is 38.1 Å². The van der Waals surface area contributed by atoms with Gasteiger partial charge in [-0.05, 0) is 30.4 Å². The molecule has 1 amide bonds. The lowest BCUT2D eigenvalue weighted by Crippen LogP contribution is -2.41. The Bertz CT molecular complexity index is 456. The number of aliphatic hydroxyl groups excluding tert-OH is 1. The van der Waals surface area contributed by atoms with E-state index in [-0.39, 0.29) is 18.0 Å². The molecule has 0 bridgehead atoms. The standard InChI is InChI=1S/C16H24N2O2/c1-10(2)12-4-6-13(7-5-12)11(3)18-16(20)15-8-14(19)9-17-15/h4-7,10-11,14-15,17,19H,8-9H2,1-3H3,(H,18,20)/t11-,14-,15+/m0/s1. The lowest BCUT2D eigenvalue weighted by molar-refractivity contribution is -0.123. The summed E-state index contributed by atoms with van der Waals surface area (Å²) in [5.74, 6) is 0.472. The molecule has 3 atom stereocenters. The van der Waals surface area contributed by atoms with E-state index in [1.807, 2.05) is 6.92 Å². The predicted molar refractivity (Wildman–Crippen MR) is 79.5 cm³/mol. The van der Waals surface area contributed by atoms with Gasteiger partial charge in [-0.15, -0.1) is 0 Å². The van der Waals surface area contributed by atoms with Crippen molar-refractivity contribution >= 4 is 5.91 Å². The second kappa shape index (κ2) is 6.37. The number of benzene rings is 1. The number of aliphatic hydroxyl groups is 1. The first-order chi connectivity index (χ1) is 9.47. The third kappa shape index (κ3) is 3.58. The van der Waals surface area contributed by atoms with Crippen molar-refractivity contribution < 1.29 is 9.90 Å². The highest BCUT2D eigenvalue weighted by molar-refractivity contribution is 5.82. The van der Waals surface area contributed by atoms with Crippen LogP contribution in [-0.4, -0.2) is 29.7 Å². The smallest absolute Gasteiger partial charge is 0.237 e. The summed E-state index contributed by atoms with van der Waals surface area (Å²) >= 11 is 0. The summed E-state index contributed by atoms with van der Waals surface area (Å²) in [7, 11) is 0. The second-order valence-electron chi connectivity index (χ2n) is 5.90. The van der Waals surface area contributed by atoms with E-state index in [2.05, 4.69) is 48.7 Å². The van der Waals surface area contributed by atoms with Crippen LogP contribution in [0.3, 0.4) is 0 Å². The second-order valence-corrected chi connectivity index (χ2v) is 5.90. The van der Waals surface area contributed by atoms with Crippen LogP contribution in [0.15, 0.2) is 24.3 Å². The van der Waals surface area contributed by atoms with Gasteiger partial charge in [-0.25, -0.2) is 0 Å². The first-order valence-electron chi connectivity index (χ1n) is 7.29. The Morgan fingerprint density at radius 2 is 1.85 bits per heavy atom. The van der Waals surface area contributed by atoms with Crippen LogP contribution in [0.5, 0.6) is 0 Å². The number of nitrogens with one attached hydrogen (secondary N) is 2. The average Bonchev–Trinajstić information content (AvgIpc) is 2.85. The van der Waals surface area contributed by atoms with Crippen LogP contribution >= 0.6 is 0 Å². The molecule has 1 heterocycles. The van der Waals surface area contributed by atoms with Crippen molar-refractivity contribution in [1.29, 1.82) is 0 Å². The highest BCUT2D eigenvalue weighted by Gasteiger charge is 2.28. The van der Waals surface area contributed by atoms with Gasteiger partial charge < -0.3 is 15.7 Å². The van der Waals surface area contributed by atoms with Gasteiger partial charge in [0.2, 0.25) is 5.91 Å². The van der Waals surface area contributed by atoms with E-state index in [9.17, 15) is 9.90 Å². The summed E-state index contributed by atoms with van der Waals surface area (Å²) in [5, 5.41) is 15.5. The lowest BCUT2D eigenvalue weighted by atomic mass is 9.99. The summed E-state index contributed by atoms with van der Waals surface area (Å²) in [5.41, 5.74) is 2.40. The fourth-order valence-electron chi connectivity index (χ4n) is 2.48. The van der Waals surface area contributed by atoms with Crippen LogP contribution in [0, 0.1) is 0 Å². The monoisotopic (exact) mass is 276 g/mol. The number of hydrogen-bond donors (Lipinski definition) is 3. The topological polar surface area (TPSA) is 61.4 Å². The van der Waals surface area contributed by atoms with Gasteiger partial charge in [-0.3, -0.25) is 4.79 Å². The molecule has 2 rings (SSSR count). The van der Waals surface area contributed by atoms with Gasteiger partial charge in [0.15, 0.2) is 0 Å². The van der Waals surface area contributed by atoms with Crippen molar-refractivity contribution in [3.8, 4) is 0 Å². The molecule has 0 spiro atoms. The molecule has 1 aliphatic rings. The highest BCUT2D eigenvalue weighted by Crippen LogP contribution is 2.19. The maximum absolute atomic E-state index is 12.1. The number of amides is 1. The molecule has 1 aromatic carbocycles. The summed E-state index contributed by atoms with van der Waals surface area (Å²) in [6.07, 6.45) is 0.0802. The van der Waals surface area contributed by atoms with Gasteiger partial charge in [-0.2, -0.15) is 0 Å². The third-order valence-corrected chi connectivity index (χ3v) is 3.89.